The Kier molecular flexibility index (Phi) is 2.59. The first-order valence-electron chi connectivity index (χ1n) is 5.27. The highest BCUT2D eigenvalue weighted by Crippen LogP contribution is 2.30. The van der Waals surface area contributed by atoms with Crippen LogP contribution in [0.5, 0.6) is 0 Å². The molecule has 0 radical (unpaired) electrons. The van der Waals surface area contributed by atoms with E-state index in [-0.39, 0.29) is 5.91 Å². The van der Waals surface area contributed by atoms with Gasteiger partial charge in [-0.25, -0.2) is 0 Å². The largest absolute Gasteiger partial charge is 0.365 e. The first-order valence-corrected chi connectivity index (χ1v) is 5.27. The van der Waals surface area contributed by atoms with Gasteiger partial charge in [-0.2, -0.15) is 0 Å². The first-order chi connectivity index (χ1) is 7.59. The van der Waals surface area contributed by atoms with Crippen LogP contribution in [0.15, 0.2) is 29.5 Å². The molecule has 0 spiro atoms. The van der Waals surface area contributed by atoms with Crippen molar-refractivity contribution in [3.63, 3.8) is 0 Å². The lowest BCUT2D eigenvalue weighted by Gasteiger charge is -2.29. The Morgan fingerprint density at radius 2 is 2.19 bits per heavy atom. The summed E-state index contributed by atoms with van der Waals surface area (Å²) in [7, 11) is 1.62. The number of rotatable bonds is 3. The molecule has 0 bridgehead atoms. The van der Waals surface area contributed by atoms with Gasteiger partial charge < -0.3 is 15.0 Å². The molecule has 2 N–H and O–H groups in total. The third-order valence-electron chi connectivity index (χ3n) is 3.27. The van der Waals surface area contributed by atoms with Crippen LogP contribution in [0.1, 0.15) is 19.5 Å². The molecule has 2 rings (SSSR count). The second kappa shape index (κ2) is 3.79. The fourth-order valence-electron chi connectivity index (χ4n) is 2.04. The number of H-pyrrole nitrogens is 1. The van der Waals surface area contributed by atoms with E-state index >= 15 is 0 Å². The average molecular weight is 220 g/mol. The molecule has 4 nitrogen and oxygen atoms in total. The van der Waals surface area contributed by atoms with Gasteiger partial charge in [-0.1, -0.05) is 0 Å². The number of ether oxygens (including phenoxy) is 1. The maximum atomic E-state index is 11.6. The summed E-state index contributed by atoms with van der Waals surface area (Å²) in [6, 6.07) is 3.91. The molecule has 1 aromatic heterocycles. The number of nitrogens with one attached hydrogen (secondary N) is 2. The molecule has 0 fully saturated rings. The normalized spacial score (nSPS) is 25.1. The summed E-state index contributed by atoms with van der Waals surface area (Å²) >= 11 is 0. The molecule has 0 saturated carbocycles. The summed E-state index contributed by atoms with van der Waals surface area (Å²) < 4.78 is 5.52. The zero-order valence-corrected chi connectivity index (χ0v) is 9.76. The number of aromatic nitrogens is 1. The topological polar surface area (TPSA) is 54.1 Å². The van der Waals surface area contributed by atoms with E-state index in [9.17, 15) is 4.79 Å². The maximum absolute atomic E-state index is 11.6. The van der Waals surface area contributed by atoms with Crippen molar-refractivity contribution in [1.29, 1.82) is 0 Å². The van der Waals surface area contributed by atoms with Gasteiger partial charge in [0.15, 0.2) is 5.72 Å². The highest BCUT2D eigenvalue weighted by molar-refractivity contribution is 5.97. The number of hydrogen-bond donors (Lipinski definition) is 2. The Bertz CT molecular complexity index is 434. The van der Waals surface area contributed by atoms with Gasteiger partial charge in [-0.3, -0.25) is 4.79 Å². The molecular formula is C12H16N2O2. The minimum absolute atomic E-state index is 0.0501. The Morgan fingerprint density at radius 1 is 1.44 bits per heavy atom. The number of carbonyl (C=O) groups excluding carboxylic acids is 1. The van der Waals surface area contributed by atoms with Crippen LogP contribution in [0.2, 0.25) is 0 Å². The van der Waals surface area contributed by atoms with Crippen molar-refractivity contribution in [3.05, 3.63) is 35.2 Å². The van der Waals surface area contributed by atoms with Crippen molar-refractivity contribution in [1.82, 2.24) is 10.3 Å². The molecule has 4 heteroatoms. The number of hydrogen-bond acceptors (Lipinski definition) is 2. The zero-order chi connectivity index (χ0) is 11.8. The molecule has 0 saturated heterocycles. The molecule has 0 aliphatic carbocycles. The van der Waals surface area contributed by atoms with Crippen LogP contribution < -0.4 is 5.32 Å². The van der Waals surface area contributed by atoms with Crippen LogP contribution in [0, 0.1) is 0 Å². The van der Waals surface area contributed by atoms with E-state index in [1.54, 1.807) is 7.11 Å². The van der Waals surface area contributed by atoms with Gasteiger partial charge in [-0.05, 0) is 31.6 Å². The zero-order valence-electron chi connectivity index (χ0n) is 9.76. The van der Waals surface area contributed by atoms with Crippen LogP contribution in [0.3, 0.4) is 0 Å². The van der Waals surface area contributed by atoms with Crippen molar-refractivity contribution in [2.45, 2.75) is 26.0 Å². The van der Waals surface area contributed by atoms with E-state index in [1.165, 1.54) is 0 Å². The minimum Gasteiger partial charge on any atom is -0.365 e. The number of methoxy groups -OCH3 is 1. The second-order valence-corrected chi connectivity index (χ2v) is 4.11. The monoisotopic (exact) mass is 220 g/mol. The lowest BCUT2D eigenvalue weighted by Crippen LogP contribution is -2.47. The molecule has 1 aliphatic rings. The minimum atomic E-state index is -0.688. The van der Waals surface area contributed by atoms with Crippen LogP contribution in [0.4, 0.5) is 0 Å². The fraction of sp³-hybridized carbons (Fsp3) is 0.417. The van der Waals surface area contributed by atoms with Crippen molar-refractivity contribution < 1.29 is 9.53 Å². The summed E-state index contributed by atoms with van der Waals surface area (Å²) in [6.45, 7) is 3.75. The third kappa shape index (κ3) is 1.55. The standard InChI is InChI=1S/C12H16N2O2/c1-8-9(2)12(16-3,14-11(8)15)7-10-5-4-6-13-10/h4-6,13H,7H2,1-3H3,(H,14,15). The van der Waals surface area contributed by atoms with E-state index < -0.39 is 5.72 Å². The molecular weight excluding hydrogens is 204 g/mol. The quantitative estimate of drug-likeness (QED) is 0.808. The van der Waals surface area contributed by atoms with E-state index in [4.69, 9.17) is 4.74 Å². The summed E-state index contributed by atoms with van der Waals surface area (Å²) in [5.41, 5.74) is 2.05. The lowest BCUT2D eigenvalue weighted by molar-refractivity contribution is -0.122. The highest BCUT2D eigenvalue weighted by atomic mass is 16.5. The Balaban J connectivity index is 2.32. The fourth-order valence-corrected chi connectivity index (χ4v) is 2.04. The molecule has 2 heterocycles. The molecule has 1 aliphatic heterocycles. The van der Waals surface area contributed by atoms with Gasteiger partial charge in [0, 0.05) is 31.0 Å². The van der Waals surface area contributed by atoms with Gasteiger partial charge in [0.1, 0.15) is 0 Å². The molecule has 16 heavy (non-hydrogen) atoms. The summed E-state index contributed by atoms with van der Waals surface area (Å²) in [4.78, 5) is 14.7. The first kappa shape index (κ1) is 11.0. The number of aromatic amines is 1. The molecule has 1 amide bonds. The van der Waals surface area contributed by atoms with Gasteiger partial charge in [0.25, 0.3) is 0 Å². The van der Waals surface area contributed by atoms with E-state index in [2.05, 4.69) is 10.3 Å². The van der Waals surface area contributed by atoms with E-state index in [0.29, 0.717) is 6.42 Å². The third-order valence-corrected chi connectivity index (χ3v) is 3.27. The Hall–Kier alpha value is -1.55. The van der Waals surface area contributed by atoms with Crippen LogP contribution in [0.25, 0.3) is 0 Å². The highest BCUT2D eigenvalue weighted by Gasteiger charge is 2.41. The number of amides is 1. The molecule has 86 valence electrons. The van der Waals surface area contributed by atoms with E-state index in [0.717, 1.165) is 16.8 Å². The van der Waals surface area contributed by atoms with Gasteiger partial charge in [0.2, 0.25) is 5.91 Å². The van der Waals surface area contributed by atoms with Crippen molar-refractivity contribution in [3.8, 4) is 0 Å². The number of carbonyl (C=O) groups is 1. The summed E-state index contributed by atoms with van der Waals surface area (Å²) in [5, 5.41) is 2.90. The van der Waals surface area contributed by atoms with Crippen LogP contribution in [-0.2, 0) is 16.0 Å². The predicted octanol–water partition coefficient (Wildman–Crippen LogP) is 1.37. The van der Waals surface area contributed by atoms with Crippen molar-refractivity contribution >= 4 is 5.91 Å². The van der Waals surface area contributed by atoms with Crippen LogP contribution in [-0.4, -0.2) is 23.7 Å². The molecule has 1 aromatic rings. The average Bonchev–Trinajstić information content (AvgIpc) is 2.84. The van der Waals surface area contributed by atoms with Gasteiger partial charge in [-0.15, -0.1) is 0 Å². The van der Waals surface area contributed by atoms with Gasteiger partial charge in [0.05, 0.1) is 0 Å². The molecule has 1 unspecified atom stereocenters. The molecule has 1 atom stereocenters. The second-order valence-electron chi connectivity index (χ2n) is 4.11. The lowest BCUT2D eigenvalue weighted by atomic mass is 9.99. The van der Waals surface area contributed by atoms with Crippen molar-refractivity contribution in [2.24, 2.45) is 0 Å². The summed E-state index contributed by atoms with van der Waals surface area (Å²) in [6.07, 6.45) is 2.48. The molecule has 0 aromatic carbocycles. The van der Waals surface area contributed by atoms with Gasteiger partial charge >= 0.3 is 0 Å². The Labute approximate surface area is 94.7 Å². The maximum Gasteiger partial charge on any atom is 0.249 e. The van der Waals surface area contributed by atoms with Crippen LogP contribution >= 0.6 is 0 Å². The van der Waals surface area contributed by atoms with E-state index in [1.807, 2.05) is 32.2 Å². The smallest absolute Gasteiger partial charge is 0.249 e. The van der Waals surface area contributed by atoms with Crippen molar-refractivity contribution in [2.75, 3.05) is 7.11 Å². The Morgan fingerprint density at radius 3 is 2.62 bits per heavy atom. The predicted molar refractivity (Wildman–Crippen MR) is 60.8 cm³/mol. The summed E-state index contributed by atoms with van der Waals surface area (Å²) in [5.74, 6) is -0.0501. The SMILES string of the molecule is COC1(Cc2ccc[nH]2)NC(=O)C(C)=C1C.